The third-order valence-electron chi connectivity index (χ3n) is 4.01. The Hall–Kier alpha value is -0.570. The molecule has 0 bridgehead atoms. The molecule has 0 aromatic carbocycles. The number of amides is 1. The Morgan fingerprint density at radius 1 is 1.29 bits per heavy atom. The van der Waals surface area contributed by atoms with Gasteiger partial charge in [-0.15, -0.1) is 0 Å². The zero-order valence-electron chi connectivity index (χ0n) is 11.8. The zero-order valence-corrected chi connectivity index (χ0v) is 11.8. The van der Waals surface area contributed by atoms with E-state index in [-0.39, 0.29) is 11.9 Å². The largest absolute Gasteiger partial charge is 0.353 e. The van der Waals surface area contributed by atoms with E-state index in [1.54, 1.807) is 0 Å². The molecule has 0 saturated heterocycles. The second kappa shape index (κ2) is 7.00. The fourth-order valence-corrected chi connectivity index (χ4v) is 2.66. The topological polar surface area (TPSA) is 41.1 Å². The number of nitrogens with one attached hydrogen (secondary N) is 2. The van der Waals surface area contributed by atoms with Crippen LogP contribution in [0.5, 0.6) is 0 Å². The molecule has 1 rings (SSSR count). The Morgan fingerprint density at radius 2 is 2.00 bits per heavy atom. The molecule has 4 atom stereocenters. The quantitative estimate of drug-likeness (QED) is 0.774. The SMILES string of the molecule is CCNC(C)CC(=O)NC1CCC(C)C(C)C1. The first-order valence-corrected chi connectivity index (χ1v) is 7.05. The van der Waals surface area contributed by atoms with Crippen molar-refractivity contribution in [3.05, 3.63) is 0 Å². The van der Waals surface area contributed by atoms with Crippen molar-refractivity contribution in [1.82, 2.24) is 10.6 Å². The fourth-order valence-electron chi connectivity index (χ4n) is 2.66. The summed E-state index contributed by atoms with van der Waals surface area (Å²) in [6.45, 7) is 9.67. The van der Waals surface area contributed by atoms with Crippen LogP contribution in [-0.2, 0) is 4.79 Å². The molecule has 1 fully saturated rings. The molecule has 3 nitrogen and oxygen atoms in total. The van der Waals surface area contributed by atoms with Gasteiger partial charge in [0.25, 0.3) is 0 Å². The number of carbonyl (C=O) groups is 1. The predicted octanol–water partition coefficient (Wildman–Crippen LogP) is 2.32. The molecule has 17 heavy (non-hydrogen) atoms. The molecule has 3 heteroatoms. The highest BCUT2D eigenvalue weighted by Crippen LogP contribution is 2.29. The molecule has 1 saturated carbocycles. The van der Waals surface area contributed by atoms with Crippen molar-refractivity contribution in [2.45, 2.75) is 65.5 Å². The van der Waals surface area contributed by atoms with E-state index < -0.39 is 0 Å². The van der Waals surface area contributed by atoms with Crippen molar-refractivity contribution in [3.8, 4) is 0 Å². The van der Waals surface area contributed by atoms with E-state index in [2.05, 4.69) is 38.3 Å². The second-order valence-corrected chi connectivity index (χ2v) is 5.69. The highest BCUT2D eigenvalue weighted by molar-refractivity contribution is 5.76. The van der Waals surface area contributed by atoms with Crippen LogP contribution in [0, 0.1) is 11.8 Å². The first-order valence-electron chi connectivity index (χ1n) is 7.05. The van der Waals surface area contributed by atoms with Crippen molar-refractivity contribution in [2.24, 2.45) is 11.8 Å². The van der Waals surface area contributed by atoms with Gasteiger partial charge in [-0.2, -0.15) is 0 Å². The summed E-state index contributed by atoms with van der Waals surface area (Å²) in [7, 11) is 0. The molecule has 1 amide bonds. The summed E-state index contributed by atoms with van der Waals surface area (Å²) in [5, 5.41) is 6.45. The summed E-state index contributed by atoms with van der Waals surface area (Å²) in [4.78, 5) is 11.8. The second-order valence-electron chi connectivity index (χ2n) is 5.69. The molecule has 1 aliphatic rings. The molecule has 0 spiro atoms. The molecule has 100 valence electrons. The minimum atomic E-state index is 0.199. The molecule has 0 aliphatic heterocycles. The summed E-state index contributed by atoms with van der Waals surface area (Å²) in [5.41, 5.74) is 0. The number of hydrogen-bond donors (Lipinski definition) is 2. The molecule has 0 aromatic rings. The van der Waals surface area contributed by atoms with E-state index in [0.29, 0.717) is 12.5 Å². The maximum absolute atomic E-state index is 11.8. The van der Waals surface area contributed by atoms with Gasteiger partial charge in [-0.1, -0.05) is 20.8 Å². The maximum Gasteiger partial charge on any atom is 0.221 e. The first kappa shape index (κ1) is 14.5. The lowest BCUT2D eigenvalue weighted by molar-refractivity contribution is -0.122. The van der Waals surface area contributed by atoms with E-state index in [1.807, 2.05) is 0 Å². The lowest BCUT2D eigenvalue weighted by atomic mass is 9.79. The average Bonchev–Trinajstić information content (AvgIpc) is 2.23. The normalized spacial score (nSPS) is 30.9. The molecule has 4 unspecified atom stereocenters. The standard InChI is InChI=1S/C14H28N2O/c1-5-15-12(4)9-14(17)16-13-7-6-10(2)11(3)8-13/h10-13,15H,5-9H2,1-4H3,(H,16,17). The Morgan fingerprint density at radius 3 is 2.59 bits per heavy atom. The molecule has 1 aliphatic carbocycles. The van der Waals surface area contributed by atoms with Gasteiger partial charge in [0, 0.05) is 18.5 Å². The van der Waals surface area contributed by atoms with Crippen LogP contribution in [0.3, 0.4) is 0 Å². The first-order chi connectivity index (χ1) is 8.02. The minimum Gasteiger partial charge on any atom is -0.353 e. The van der Waals surface area contributed by atoms with Crippen LogP contribution in [0.25, 0.3) is 0 Å². The number of hydrogen-bond acceptors (Lipinski definition) is 2. The van der Waals surface area contributed by atoms with Crippen LogP contribution in [0.2, 0.25) is 0 Å². The Balaban J connectivity index is 2.27. The Bertz CT molecular complexity index is 242. The van der Waals surface area contributed by atoms with Crippen LogP contribution in [0.4, 0.5) is 0 Å². The number of rotatable bonds is 5. The van der Waals surface area contributed by atoms with Crippen LogP contribution >= 0.6 is 0 Å². The predicted molar refractivity (Wildman–Crippen MR) is 71.9 cm³/mol. The van der Waals surface area contributed by atoms with Gasteiger partial charge in [0.05, 0.1) is 0 Å². The smallest absolute Gasteiger partial charge is 0.221 e. The third-order valence-corrected chi connectivity index (χ3v) is 4.01. The van der Waals surface area contributed by atoms with Gasteiger partial charge >= 0.3 is 0 Å². The summed E-state index contributed by atoms with van der Waals surface area (Å²) in [5.74, 6) is 1.74. The Kier molecular flexibility index (Phi) is 5.96. The van der Waals surface area contributed by atoms with Gasteiger partial charge in [-0.25, -0.2) is 0 Å². The van der Waals surface area contributed by atoms with Crippen LogP contribution < -0.4 is 10.6 Å². The van der Waals surface area contributed by atoms with E-state index >= 15 is 0 Å². The molecule has 0 heterocycles. The van der Waals surface area contributed by atoms with Gasteiger partial charge in [0.15, 0.2) is 0 Å². The van der Waals surface area contributed by atoms with Gasteiger partial charge < -0.3 is 10.6 Å². The molecule has 0 radical (unpaired) electrons. The maximum atomic E-state index is 11.8. The molecular weight excluding hydrogens is 212 g/mol. The Labute approximate surface area is 106 Å². The van der Waals surface area contributed by atoms with E-state index in [4.69, 9.17) is 0 Å². The average molecular weight is 240 g/mol. The van der Waals surface area contributed by atoms with Crippen LogP contribution in [0.15, 0.2) is 0 Å². The van der Waals surface area contributed by atoms with E-state index in [9.17, 15) is 4.79 Å². The van der Waals surface area contributed by atoms with Gasteiger partial charge in [-0.05, 0) is 44.6 Å². The van der Waals surface area contributed by atoms with E-state index in [0.717, 1.165) is 31.2 Å². The summed E-state index contributed by atoms with van der Waals surface area (Å²) < 4.78 is 0. The van der Waals surface area contributed by atoms with Crippen LogP contribution in [0.1, 0.15) is 53.4 Å². The number of carbonyl (C=O) groups excluding carboxylic acids is 1. The summed E-state index contributed by atoms with van der Waals surface area (Å²) in [6, 6.07) is 0.683. The summed E-state index contributed by atoms with van der Waals surface area (Å²) in [6.07, 6.45) is 4.12. The highest BCUT2D eigenvalue weighted by Gasteiger charge is 2.25. The van der Waals surface area contributed by atoms with Crippen molar-refractivity contribution < 1.29 is 4.79 Å². The third kappa shape index (κ3) is 5.07. The summed E-state index contributed by atoms with van der Waals surface area (Å²) >= 11 is 0. The zero-order chi connectivity index (χ0) is 12.8. The van der Waals surface area contributed by atoms with Crippen molar-refractivity contribution >= 4 is 5.91 Å². The molecule has 2 N–H and O–H groups in total. The van der Waals surface area contributed by atoms with Gasteiger partial charge in [0.1, 0.15) is 0 Å². The minimum absolute atomic E-state index is 0.199. The monoisotopic (exact) mass is 240 g/mol. The van der Waals surface area contributed by atoms with Gasteiger partial charge in [-0.3, -0.25) is 4.79 Å². The van der Waals surface area contributed by atoms with E-state index in [1.165, 1.54) is 6.42 Å². The van der Waals surface area contributed by atoms with Crippen molar-refractivity contribution in [3.63, 3.8) is 0 Å². The fraction of sp³-hybridized carbons (Fsp3) is 0.929. The molecular formula is C14H28N2O. The highest BCUT2D eigenvalue weighted by atomic mass is 16.1. The van der Waals surface area contributed by atoms with Crippen LogP contribution in [-0.4, -0.2) is 24.5 Å². The van der Waals surface area contributed by atoms with Crippen molar-refractivity contribution in [2.75, 3.05) is 6.54 Å². The molecule has 0 aromatic heterocycles. The van der Waals surface area contributed by atoms with Gasteiger partial charge in [0.2, 0.25) is 5.91 Å². The van der Waals surface area contributed by atoms with Crippen molar-refractivity contribution in [1.29, 1.82) is 0 Å². The lowest BCUT2D eigenvalue weighted by Gasteiger charge is -2.32. The lowest BCUT2D eigenvalue weighted by Crippen LogP contribution is -2.42.